The first kappa shape index (κ1) is 19.8. The summed E-state index contributed by atoms with van der Waals surface area (Å²) in [6.45, 7) is 0. The maximum absolute atomic E-state index is 14.4. The Morgan fingerprint density at radius 2 is 1.64 bits per heavy atom. The molecule has 0 radical (unpaired) electrons. The second kappa shape index (κ2) is 7.55. The molecular weight excluding hydrogens is 386 g/mol. The molecule has 0 atom stereocenters. The monoisotopic (exact) mass is 404 g/mol. The summed E-state index contributed by atoms with van der Waals surface area (Å²) in [5.74, 6) is -1.94. The Balaban J connectivity index is 1.89. The van der Waals surface area contributed by atoms with Gasteiger partial charge < -0.3 is 4.57 Å². The summed E-state index contributed by atoms with van der Waals surface area (Å²) in [5, 5.41) is 0. The molecule has 0 aliphatic carbocycles. The molecule has 28 heavy (non-hydrogen) atoms. The predicted octanol–water partition coefficient (Wildman–Crippen LogP) is 3.50. The van der Waals surface area contributed by atoms with Crippen molar-refractivity contribution in [2.45, 2.75) is 6.42 Å². The number of aromatic nitrogens is 1. The fraction of sp³-hybridized carbons (Fsp3) is 0.150. The molecule has 0 aliphatic rings. The Morgan fingerprint density at radius 1 is 1.04 bits per heavy atom. The summed E-state index contributed by atoms with van der Waals surface area (Å²) in [6.07, 6.45) is 0.807. The Labute approximate surface area is 161 Å². The van der Waals surface area contributed by atoms with E-state index in [1.54, 1.807) is 54.1 Å². The standard InChI is InChI=1S/C20H18F2N2O3S/c1-24-15(8-9-19(24)20(25)13-6-4-3-5-7-13)12-16-17(21)10-14(11-18(16)22)23-28(2,26)27/h3-11,23H,12H2,1-2H3. The molecule has 0 bridgehead atoms. The lowest BCUT2D eigenvalue weighted by molar-refractivity contribution is 0.103. The van der Waals surface area contributed by atoms with Gasteiger partial charge in [0.15, 0.2) is 0 Å². The lowest BCUT2D eigenvalue weighted by Gasteiger charge is -2.11. The minimum absolute atomic E-state index is 0.0879. The Bertz CT molecular complexity index is 1120. The molecule has 0 fully saturated rings. The number of rotatable bonds is 6. The third kappa shape index (κ3) is 4.28. The number of sulfonamides is 1. The van der Waals surface area contributed by atoms with Gasteiger partial charge in [-0.3, -0.25) is 9.52 Å². The summed E-state index contributed by atoms with van der Waals surface area (Å²) >= 11 is 0. The van der Waals surface area contributed by atoms with E-state index in [0.717, 1.165) is 18.4 Å². The molecule has 0 saturated heterocycles. The minimum Gasteiger partial charge on any atom is -0.345 e. The highest BCUT2D eigenvalue weighted by Gasteiger charge is 2.18. The van der Waals surface area contributed by atoms with Gasteiger partial charge in [0.2, 0.25) is 15.8 Å². The number of nitrogens with one attached hydrogen (secondary N) is 1. The average Bonchev–Trinajstić information content (AvgIpc) is 2.97. The molecule has 3 rings (SSSR count). The van der Waals surface area contributed by atoms with E-state index in [9.17, 15) is 22.0 Å². The van der Waals surface area contributed by atoms with Crippen molar-refractivity contribution in [3.63, 3.8) is 0 Å². The number of anilines is 1. The molecule has 1 aromatic heterocycles. The maximum Gasteiger partial charge on any atom is 0.229 e. The number of halogens is 2. The Morgan fingerprint density at radius 3 is 2.21 bits per heavy atom. The number of ketones is 1. The summed E-state index contributed by atoms with van der Waals surface area (Å²) < 4.78 is 54.9. The molecule has 3 aromatic rings. The zero-order valence-electron chi connectivity index (χ0n) is 15.2. The Hall–Kier alpha value is -3.00. The van der Waals surface area contributed by atoms with Crippen LogP contribution in [-0.2, 0) is 23.5 Å². The molecule has 0 saturated carbocycles. The topological polar surface area (TPSA) is 68.2 Å². The van der Waals surface area contributed by atoms with Crippen molar-refractivity contribution >= 4 is 21.5 Å². The highest BCUT2D eigenvalue weighted by molar-refractivity contribution is 7.92. The highest BCUT2D eigenvalue weighted by Crippen LogP contribution is 2.23. The first-order valence-electron chi connectivity index (χ1n) is 8.36. The second-order valence-electron chi connectivity index (χ2n) is 6.43. The van der Waals surface area contributed by atoms with E-state index in [4.69, 9.17) is 0 Å². The molecule has 1 heterocycles. The van der Waals surface area contributed by atoms with E-state index < -0.39 is 21.7 Å². The number of carbonyl (C=O) groups is 1. The SMILES string of the molecule is Cn1c(Cc2c(F)cc(NS(C)(=O)=O)cc2F)ccc1C(=O)c1ccccc1. The van der Waals surface area contributed by atoms with Crippen molar-refractivity contribution in [2.75, 3.05) is 11.0 Å². The highest BCUT2D eigenvalue weighted by atomic mass is 32.2. The average molecular weight is 404 g/mol. The van der Waals surface area contributed by atoms with Gasteiger partial charge in [-0.25, -0.2) is 17.2 Å². The number of hydrogen-bond acceptors (Lipinski definition) is 3. The largest absolute Gasteiger partial charge is 0.345 e. The zero-order chi connectivity index (χ0) is 20.5. The summed E-state index contributed by atoms with van der Waals surface area (Å²) in [7, 11) is -1.99. The molecule has 0 spiro atoms. The minimum atomic E-state index is -3.65. The van der Waals surface area contributed by atoms with Gasteiger partial charge in [0.25, 0.3) is 0 Å². The lowest BCUT2D eigenvalue weighted by atomic mass is 10.1. The lowest BCUT2D eigenvalue weighted by Crippen LogP contribution is -2.12. The van der Waals surface area contributed by atoms with Gasteiger partial charge in [-0.15, -0.1) is 0 Å². The van der Waals surface area contributed by atoms with Crippen molar-refractivity contribution in [3.8, 4) is 0 Å². The van der Waals surface area contributed by atoms with Crippen LogP contribution >= 0.6 is 0 Å². The first-order chi connectivity index (χ1) is 13.2. The molecule has 0 amide bonds. The molecule has 8 heteroatoms. The van der Waals surface area contributed by atoms with Crippen LogP contribution in [0.3, 0.4) is 0 Å². The molecule has 0 aliphatic heterocycles. The molecule has 1 N–H and O–H groups in total. The van der Waals surface area contributed by atoms with E-state index >= 15 is 0 Å². The number of benzene rings is 2. The quantitative estimate of drug-likeness (QED) is 0.640. The van der Waals surface area contributed by atoms with Crippen LogP contribution in [0.4, 0.5) is 14.5 Å². The van der Waals surface area contributed by atoms with Crippen LogP contribution < -0.4 is 4.72 Å². The molecular formula is C20H18F2N2O3S. The fourth-order valence-electron chi connectivity index (χ4n) is 2.92. The van der Waals surface area contributed by atoms with Crippen molar-refractivity contribution in [1.29, 1.82) is 0 Å². The third-order valence-corrected chi connectivity index (χ3v) is 4.90. The second-order valence-corrected chi connectivity index (χ2v) is 8.18. The molecule has 146 valence electrons. The van der Waals surface area contributed by atoms with E-state index in [1.165, 1.54) is 0 Å². The first-order valence-corrected chi connectivity index (χ1v) is 10.2. The fourth-order valence-corrected chi connectivity index (χ4v) is 3.47. The summed E-state index contributed by atoms with van der Waals surface area (Å²) in [5.41, 5.74) is 1.06. The zero-order valence-corrected chi connectivity index (χ0v) is 16.1. The van der Waals surface area contributed by atoms with Gasteiger partial charge in [-0.2, -0.15) is 0 Å². The summed E-state index contributed by atoms with van der Waals surface area (Å²) in [6, 6.07) is 13.8. The van der Waals surface area contributed by atoms with Crippen LogP contribution in [0.15, 0.2) is 54.6 Å². The van der Waals surface area contributed by atoms with Gasteiger partial charge in [-0.1, -0.05) is 30.3 Å². The predicted molar refractivity (Wildman–Crippen MR) is 103 cm³/mol. The van der Waals surface area contributed by atoms with Gasteiger partial charge in [0, 0.05) is 30.3 Å². The third-order valence-electron chi connectivity index (χ3n) is 4.30. The van der Waals surface area contributed by atoms with Crippen LogP contribution in [0.1, 0.15) is 27.3 Å². The van der Waals surface area contributed by atoms with E-state index in [2.05, 4.69) is 0 Å². The smallest absolute Gasteiger partial charge is 0.229 e. The number of carbonyl (C=O) groups excluding carboxylic acids is 1. The van der Waals surface area contributed by atoms with Gasteiger partial charge in [0.1, 0.15) is 11.6 Å². The van der Waals surface area contributed by atoms with Crippen molar-refractivity contribution in [2.24, 2.45) is 7.05 Å². The van der Waals surface area contributed by atoms with Crippen LogP contribution in [0.2, 0.25) is 0 Å². The van der Waals surface area contributed by atoms with E-state index in [-0.39, 0.29) is 23.5 Å². The van der Waals surface area contributed by atoms with Gasteiger partial charge in [0.05, 0.1) is 17.6 Å². The molecule has 0 unspecified atom stereocenters. The maximum atomic E-state index is 14.4. The number of nitrogens with zero attached hydrogens (tertiary/aromatic N) is 1. The van der Waals surface area contributed by atoms with E-state index in [1.807, 2.05) is 4.72 Å². The van der Waals surface area contributed by atoms with E-state index in [0.29, 0.717) is 17.0 Å². The van der Waals surface area contributed by atoms with Crippen molar-refractivity contribution in [1.82, 2.24) is 4.57 Å². The van der Waals surface area contributed by atoms with Crippen LogP contribution in [0.5, 0.6) is 0 Å². The summed E-state index contributed by atoms with van der Waals surface area (Å²) in [4.78, 5) is 12.6. The number of hydrogen-bond donors (Lipinski definition) is 1. The van der Waals surface area contributed by atoms with Crippen molar-refractivity contribution in [3.05, 3.63) is 88.7 Å². The molecule has 2 aromatic carbocycles. The Kier molecular flexibility index (Phi) is 5.33. The molecule has 5 nitrogen and oxygen atoms in total. The van der Waals surface area contributed by atoms with Crippen LogP contribution in [-0.4, -0.2) is 25.0 Å². The normalized spacial score (nSPS) is 11.4. The van der Waals surface area contributed by atoms with Crippen molar-refractivity contribution < 1.29 is 22.0 Å². The van der Waals surface area contributed by atoms with Gasteiger partial charge in [-0.05, 0) is 24.3 Å². The van der Waals surface area contributed by atoms with Crippen LogP contribution in [0, 0.1) is 11.6 Å². The van der Waals surface area contributed by atoms with Crippen LogP contribution in [0.25, 0.3) is 0 Å². The van der Waals surface area contributed by atoms with Gasteiger partial charge >= 0.3 is 0 Å².